The Morgan fingerprint density at radius 3 is 2.74 bits per heavy atom. The maximum Gasteiger partial charge on any atom is 0.234 e. The number of rotatable bonds is 8. The Morgan fingerprint density at radius 2 is 2.04 bits per heavy atom. The van der Waals surface area contributed by atoms with E-state index in [1.54, 1.807) is 7.11 Å². The van der Waals surface area contributed by atoms with Gasteiger partial charge in [0.05, 0.1) is 20.3 Å². The summed E-state index contributed by atoms with van der Waals surface area (Å²) in [7, 11) is 1.64. The molecule has 0 bridgehead atoms. The van der Waals surface area contributed by atoms with Crippen LogP contribution in [-0.4, -0.2) is 48.8 Å². The number of nitrogens with one attached hydrogen (secondary N) is 1. The number of nitrogens with zero attached hydrogens (tertiary/aromatic N) is 1. The van der Waals surface area contributed by atoms with Crippen LogP contribution in [0.15, 0.2) is 24.3 Å². The van der Waals surface area contributed by atoms with Crippen molar-refractivity contribution >= 4 is 5.91 Å². The minimum Gasteiger partial charge on any atom is -0.496 e. The predicted molar refractivity (Wildman–Crippen MR) is 90.4 cm³/mol. The number of para-hydroxylation sites is 1. The molecule has 2 N–H and O–H groups in total. The smallest absolute Gasteiger partial charge is 0.234 e. The fraction of sp³-hybridized carbons (Fsp3) is 0.611. The fourth-order valence-corrected chi connectivity index (χ4v) is 3.15. The lowest BCUT2D eigenvalue weighted by Gasteiger charge is -2.26. The van der Waals surface area contributed by atoms with Crippen molar-refractivity contribution in [1.29, 1.82) is 0 Å². The van der Waals surface area contributed by atoms with Gasteiger partial charge in [-0.25, -0.2) is 0 Å². The van der Waals surface area contributed by atoms with Gasteiger partial charge in [-0.2, -0.15) is 0 Å². The molecule has 5 nitrogen and oxygen atoms in total. The molecule has 1 fully saturated rings. The molecule has 1 amide bonds. The van der Waals surface area contributed by atoms with Gasteiger partial charge in [0.25, 0.3) is 0 Å². The minimum atomic E-state index is 0.0336. The maximum atomic E-state index is 12.3. The summed E-state index contributed by atoms with van der Waals surface area (Å²) in [5, 5.41) is 12.4. The molecule has 0 aliphatic heterocycles. The molecule has 1 aliphatic carbocycles. The number of benzene rings is 1. The van der Waals surface area contributed by atoms with Gasteiger partial charge in [-0.1, -0.05) is 37.5 Å². The van der Waals surface area contributed by atoms with Crippen LogP contribution in [0.4, 0.5) is 0 Å². The van der Waals surface area contributed by atoms with E-state index in [1.807, 2.05) is 29.2 Å². The Kier molecular flexibility index (Phi) is 7.36. The Bertz CT molecular complexity index is 487. The van der Waals surface area contributed by atoms with Crippen LogP contribution in [0.3, 0.4) is 0 Å². The molecular formula is C18H28N2O3. The summed E-state index contributed by atoms with van der Waals surface area (Å²) >= 11 is 0. The number of amides is 1. The van der Waals surface area contributed by atoms with Crippen LogP contribution in [0, 0.1) is 0 Å². The number of carbonyl (C=O) groups is 1. The van der Waals surface area contributed by atoms with Crippen molar-refractivity contribution in [2.24, 2.45) is 0 Å². The lowest BCUT2D eigenvalue weighted by Crippen LogP contribution is -2.43. The quantitative estimate of drug-likeness (QED) is 0.768. The van der Waals surface area contributed by atoms with Gasteiger partial charge in [0.15, 0.2) is 0 Å². The predicted octanol–water partition coefficient (Wildman–Crippen LogP) is 1.94. The molecule has 0 radical (unpaired) electrons. The van der Waals surface area contributed by atoms with E-state index in [0.29, 0.717) is 25.7 Å². The van der Waals surface area contributed by atoms with Gasteiger partial charge < -0.3 is 15.2 Å². The molecule has 1 saturated carbocycles. The Morgan fingerprint density at radius 1 is 1.30 bits per heavy atom. The summed E-state index contributed by atoms with van der Waals surface area (Å²) in [4.78, 5) is 14.2. The first-order valence-corrected chi connectivity index (χ1v) is 8.47. The van der Waals surface area contributed by atoms with Crippen molar-refractivity contribution in [2.75, 3.05) is 26.8 Å². The average Bonchev–Trinajstić information content (AvgIpc) is 2.56. The van der Waals surface area contributed by atoms with Crippen LogP contribution < -0.4 is 10.1 Å². The van der Waals surface area contributed by atoms with Crippen LogP contribution in [0.2, 0.25) is 0 Å². The molecule has 0 saturated heterocycles. The van der Waals surface area contributed by atoms with Crippen LogP contribution >= 0.6 is 0 Å². The number of hydrogen-bond donors (Lipinski definition) is 2. The molecule has 128 valence electrons. The number of ether oxygens (including phenoxy) is 1. The first-order valence-electron chi connectivity index (χ1n) is 8.47. The van der Waals surface area contributed by atoms with Crippen molar-refractivity contribution in [3.05, 3.63) is 29.8 Å². The standard InChI is InChI=1S/C18H28N2O3/c1-23-17-10-6-5-7-15(17)13-20(11-12-21)14-18(22)19-16-8-3-2-4-9-16/h5-7,10,16,21H,2-4,8-9,11-14H2,1H3,(H,19,22). The van der Waals surface area contributed by atoms with E-state index in [0.717, 1.165) is 24.2 Å². The highest BCUT2D eigenvalue weighted by atomic mass is 16.5. The van der Waals surface area contributed by atoms with E-state index in [4.69, 9.17) is 4.74 Å². The highest BCUT2D eigenvalue weighted by molar-refractivity contribution is 5.78. The Balaban J connectivity index is 1.90. The monoisotopic (exact) mass is 320 g/mol. The summed E-state index contributed by atoms with van der Waals surface area (Å²) < 4.78 is 5.36. The molecule has 0 spiro atoms. The lowest BCUT2D eigenvalue weighted by molar-refractivity contribution is -0.123. The largest absolute Gasteiger partial charge is 0.496 e. The van der Waals surface area contributed by atoms with E-state index >= 15 is 0 Å². The lowest BCUT2D eigenvalue weighted by atomic mass is 9.95. The first kappa shape index (κ1) is 17.8. The summed E-state index contributed by atoms with van der Waals surface area (Å²) in [5.41, 5.74) is 1.02. The minimum absolute atomic E-state index is 0.0336. The zero-order valence-corrected chi connectivity index (χ0v) is 14.0. The van der Waals surface area contributed by atoms with E-state index < -0.39 is 0 Å². The molecule has 0 unspecified atom stereocenters. The number of aliphatic hydroxyl groups is 1. The van der Waals surface area contributed by atoms with Gasteiger partial charge in [0.1, 0.15) is 5.75 Å². The summed E-state index contributed by atoms with van der Waals surface area (Å²) in [6.45, 7) is 1.39. The number of methoxy groups -OCH3 is 1. The summed E-state index contributed by atoms with van der Waals surface area (Å²) in [6, 6.07) is 8.10. The molecule has 5 heteroatoms. The highest BCUT2D eigenvalue weighted by Crippen LogP contribution is 2.19. The van der Waals surface area contributed by atoms with Crippen LogP contribution in [0.1, 0.15) is 37.7 Å². The van der Waals surface area contributed by atoms with Gasteiger partial charge in [-0.15, -0.1) is 0 Å². The summed E-state index contributed by atoms with van der Waals surface area (Å²) in [6.07, 6.45) is 5.84. The topological polar surface area (TPSA) is 61.8 Å². The molecule has 1 aliphatic rings. The number of hydrogen-bond acceptors (Lipinski definition) is 4. The van der Waals surface area contributed by atoms with Crippen molar-refractivity contribution < 1.29 is 14.6 Å². The average molecular weight is 320 g/mol. The fourth-order valence-electron chi connectivity index (χ4n) is 3.15. The highest BCUT2D eigenvalue weighted by Gasteiger charge is 2.18. The van der Waals surface area contributed by atoms with E-state index in [1.165, 1.54) is 19.3 Å². The van der Waals surface area contributed by atoms with Crippen LogP contribution in [0.5, 0.6) is 5.75 Å². The molecule has 0 atom stereocenters. The molecule has 1 aromatic rings. The number of carbonyl (C=O) groups excluding carboxylic acids is 1. The number of aliphatic hydroxyl groups excluding tert-OH is 1. The van der Waals surface area contributed by atoms with E-state index in [2.05, 4.69) is 5.32 Å². The van der Waals surface area contributed by atoms with Gasteiger partial charge >= 0.3 is 0 Å². The second-order valence-corrected chi connectivity index (χ2v) is 6.15. The van der Waals surface area contributed by atoms with Crippen molar-refractivity contribution in [3.63, 3.8) is 0 Å². The van der Waals surface area contributed by atoms with Gasteiger partial charge in [-0.05, 0) is 18.9 Å². The second kappa shape index (κ2) is 9.53. The third-order valence-corrected chi connectivity index (χ3v) is 4.34. The maximum absolute atomic E-state index is 12.3. The van der Waals surface area contributed by atoms with Crippen LogP contribution in [-0.2, 0) is 11.3 Å². The first-order chi connectivity index (χ1) is 11.2. The van der Waals surface area contributed by atoms with Crippen LogP contribution in [0.25, 0.3) is 0 Å². The third kappa shape index (κ3) is 5.84. The normalized spacial score (nSPS) is 15.6. The molecule has 23 heavy (non-hydrogen) atoms. The second-order valence-electron chi connectivity index (χ2n) is 6.15. The van der Waals surface area contributed by atoms with Gasteiger partial charge in [-0.3, -0.25) is 9.69 Å². The van der Waals surface area contributed by atoms with Gasteiger partial charge in [0.2, 0.25) is 5.91 Å². The molecule has 1 aromatic carbocycles. The zero-order valence-electron chi connectivity index (χ0n) is 14.0. The van der Waals surface area contributed by atoms with E-state index in [-0.39, 0.29) is 12.5 Å². The van der Waals surface area contributed by atoms with Gasteiger partial charge in [0, 0.05) is 24.7 Å². The van der Waals surface area contributed by atoms with Crippen molar-refractivity contribution in [2.45, 2.75) is 44.7 Å². The molecule has 2 rings (SSSR count). The Hall–Kier alpha value is -1.59. The molecule has 0 aromatic heterocycles. The van der Waals surface area contributed by atoms with Crippen molar-refractivity contribution in [3.8, 4) is 5.75 Å². The molecule has 0 heterocycles. The SMILES string of the molecule is COc1ccccc1CN(CCO)CC(=O)NC1CCCCC1. The zero-order chi connectivity index (χ0) is 16.5. The Labute approximate surface area is 138 Å². The molecular weight excluding hydrogens is 292 g/mol. The van der Waals surface area contributed by atoms with Crippen molar-refractivity contribution in [1.82, 2.24) is 10.2 Å². The van der Waals surface area contributed by atoms with E-state index in [9.17, 15) is 9.90 Å². The third-order valence-electron chi connectivity index (χ3n) is 4.34. The summed E-state index contributed by atoms with van der Waals surface area (Å²) in [5.74, 6) is 0.850.